The molecule has 0 radical (unpaired) electrons. The number of rotatable bonds is 1. The summed E-state index contributed by atoms with van der Waals surface area (Å²) in [6, 6.07) is 8.22. The van der Waals surface area contributed by atoms with Crippen molar-refractivity contribution in [3.63, 3.8) is 0 Å². The molecule has 4 heteroatoms. The molecule has 15 heavy (non-hydrogen) atoms. The molecule has 0 amide bonds. The number of aromatic nitrogens is 2. The molecular formula is C11H11N3O. The topological polar surface area (TPSA) is 51.0 Å². The lowest BCUT2D eigenvalue weighted by Crippen LogP contribution is -2.03. The van der Waals surface area contributed by atoms with Crippen LogP contribution >= 0.6 is 0 Å². The summed E-state index contributed by atoms with van der Waals surface area (Å²) in [6.07, 6.45) is 0. The van der Waals surface area contributed by atoms with Crippen LogP contribution in [-0.2, 0) is 0 Å². The number of hydrogen-bond acceptors (Lipinski definition) is 4. The average Bonchev–Trinajstić information content (AvgIpc) is 2.83. The van der Waals surface area contributed by atoms with Gasteiger partial charge in [-0.3, -0.25) is 0 Å². The van der Waals surface area contributed by atoms with Crippen LogP contribution in [0.2, 0.25) is 0 Å². The standard InChI is InChI=1S/C11H11N3O/c1-7-13-11(15-14-7)9-6-12-10-5-3-2-4-8(9)10/h2-5,9,12H,6H2,1H3. The van der Waals surface area contributed by atoms with Crippen molar-refractivity contribution in [1.82, 2.24) is 10.1 Å². The van der Waals surface area contributed by atoms with E-state index in [1.165, 1.54) is 11.3 Å². The van der Waals surface area contributed by atoms with Gasteiger partial charge in [0, 0.05) is 12.2 Å². The molecule has 1 aliphatic rings. The van der Waals surface area contributed by atoms with E-state index in [1.54, 1.807) is 0 Å². The van der Waals surface area contributed by atoms with Gasteiger partial charge >= 0.3 is 0 Å². The molecule has 1 aliphatic heterocycles. The van der Waals surface area contributed by atoms with E-state index < -0.39 is 0 Å². The first-order chi connectivity index (χ1) is 7.34. The number of nitrogens with one attached hydrogen (secondary N) is 1. The number of nitrogens with zero attached hydrogens (tertiary/aromatic N) is 2. The molecule has 0 spiro atoms. The highest BCUT2D eigenvalue weighted by Gasteiger charge is 2.27. The summed E-state index contributed by atoms with van der Waals surface area (Å²) < 4.78 is 5.20. The van der Waals surface area contributed by atoms with Crippen LogP contribution in [0.1, 0.15) is 23.2 Å². The molecular weight excluding hydrogens is 190 g/mol. The second-order valence-corrected chi connectivity index (χ2v) is 3.70. The fourth-order valence-corrected chi connectivity index (χ4v) is 1.96. The summed E-state index contributed by atoms with van der Waals surface area (Å²) >= 11 is 0. The van der Waals surface area contributed by atoms with E-state index in [-0.39, 0.29) is 5.92 Å². The Hall–Kier alpha value is -1.84. The molecule has 3 rings (SSSR count). The molecule has 0 aliphatic carbocycles. The summed E-state index contributed by atoms with van der Waals surface area (Å²) in [5, 5.41) is 7.15. The van der Waals surface area contributed by atoms with Gasteiger partial charge < -0.3 is 9.84 Å². The smallest absolute Gasteiger partial charge is 0.236 e. The molecule has 1 aromatic heterocycles. The van der Waals surface area contributed by atoms with Crippen molar-refractivity contribution >= 4 is 5.69 Å². The van der Waals surface area contributed by atoms with E-state index >= 15 is 0 Å². The highest BCUT2D eigenvalue weighted by molar-refractivity contribution is 5.59. The van der Waals surface area contributed by atoms with Crippen molar-refractivity contribution in [2.24, 2.45) is 0 Å². The fourth-order valence-electron chi connectivity index (χ4n) is 1.96. The summed E-state index contributed by atoms with van der Waals surface area (Å²) in [5.74, 6) is 1.58. The van der Waals surface area contributed by atoms with Gasteiger partial charge in [0.2, 0.25) is 5.89 Å². The third-order valence-corrected chi connectivity index (χ3v) is 2.67. The Kier molecular flexibility index (Phi) is 1.74. The normalized spacial score (nSPS) is 18.6. The molecule has 0 bridgehead atoms. The zero-order valence-corrected chi connectivity index (χ0v) is 8.40. The van der Waals surface area contributed by atoms with Crippen LogP contribution in [-0.4, -0.2) is 16.7 Å². The van der Waals surface area contributed by atoms with Crippen molar-refractivity contribution in [3.8, 4) is 0 Å². The van der Waals surface area contributed by atoms with Gasteiger partial charge in [-0.25, -0.2) is 0 Å². The van der Waals surface area contributed by atoms with Crippen LogP contribution in [0, 0.1) is 6.92 Å². The van der Waals surface area contributed by atoms with Crippen molar-refractivity contribution < 1.29 is 4.52 Å². The SMILES string of the molecule is Cc1noc(C2CNc3ccccc32)n1. The Morgan fingerprint density at radius 2 is 2.27 bits per heavy atom. The van der Waals surface area contributed by atoms with E-state index in [1.807, 2.05) is 19.1 Å². The van der Waals surface area contributed by atoms with Crippen LogP contribution < -0.4 is 5.32 Å². The number of hydrogen-bond donors (Lipinski definition) is 1. The molecule has 0 saturated carbocycles. The fraction of sp³-hybridized carbons (Fsp3) is 0.273. The largest absolute Gasteiger partial charge is 0.384 e. The zero-order valence-electron chi connectivity index (χ0n) is 8.40. The Balaban J connectivity index is 2.04. The van der Waals surface area contributed by atoms with Gasteiger partial charge in [0.25, 0.3) is 0 Å². The van der Waals surface area contributed by atoms with Crippen molar-refractivity contribution in [2.75, 3.05) is 11.9 Å². The third kappa shape index (κ3) is 1.29. The van der Waals surface area contributed by atoms with Gasteiger partial charge in [-0.1, -0.05) is 23.4 Å². The lowest BCUT2D eigenvalue weighted by atomic mass is 10.0. The predicted octanol–water partition coefficient (Wildman–Crippen LogP) is 1.94. The summed E-state index contributed by atoms with van der Waals surface area (Å²) in [7, 11) is 0. The maximum absolute atomic E-state index is 5.20. The van der Waals surface area contributed by atoms with Crippen molar-refractivity contribution in [3.05, 3.63) is 41.5 Å². The highest BCUT2D eigenvalue weighted by atomic mass is 16.5. The van der Waals surface area contributed by atoms with Crippen LogP contribution in [0.15, 0.2) is 28.8 Å². The first kappa shape index (κ1) is 8.47. The monoisotopic (exact) mass is 201 g/mol. The first-order valence-electron chi connectivity index (χ1n) is 4.97. The second-order valence-electron chi connectivity index (χ2n) is 3.70. The van der Waals surface area contributed by atoms with Crippen LogP contribution in [0.3, 0.4) is 0 Å². The number of fused-ring (bicyclic) bond motifs is 1. The van der Waals surface area contributed by atoms with E-state index in [2.05, 4.69) is 27.6 Å². The first-order valence-corrected chi connectivity index (χ1v) is 4.97. The molecule has 1 N–H and O–H groups in total. The molecule has 2 aromatic rings. The molecule has 1 aromatic carbocycles. The minimum absolute atomic E-state index is 0.197. The van der Waals surface area contributed by atoms with Crippen LogP contribution in [0.25, 0.3) is 0 Å². The Morgan fingerprint density at radius 3 is 3.07 bits per heavy atom. The van der Waals surface area contributed by atoms with E-state index in [0.717, 1.165) is 6.54 Å². The summed E-state index contributed by atoms with van der Waals surface area (Å²) in [4.78, 5) is 4.27. The third-order valence-electron chi connectivity index (χ3n) is 2.67. The molecule has 76 valence electrons. The number of para-hydroxylation sites is 1. The molecule has 1 atom stereocenters. The van der Waals surface area contributed by atoms with E-state index in [9.17, 15) is 0 Å². The van der Waals surface area contributed by atoms with Gasteiger partial charge in [0.15, 0.2) is 5.82 Å². The molecule has 0 fully saturated rings. The molecule has 4 nitrogen and oxygen atoms in total. The van der Waals surface area contributed by atoms with Gasteiger partial charge in [-0.05, 0) is 18.6 Å². The molecule has 1 unspecified atom stereocenters. The van der Waals surface area contributed by atoms with Gasteiger partial charge in [0.1, 0.15) is 0 Å². The summed E-state index contributed by atoms with van der Waals surface area (Å²) in [6.45, 7) is 2.67. The van der Waals surface area contributed by atoms with E-state index in [0.29, 0.717) is 11.7 Å². The Morgan fingerprint density at radius 1 is 1.40 bits per heavy atom. The second kappa shape index (κ2) is 3.08. The summed E-state index contributed by atoms with van der Waals surface area (Å²) in [5.41, 5.74) is 2.40. The number of aryl methyl sites for hydroxylation is 1. The van der Waals surface area contributed by atoms with Gasteiger partial charge in [-0.15, -0.1) is 0 Å². The maximum Gasteiger partial charge on any atom is 0.236 e. The van der Waals surface area contributed by atoms with Crippen LogP contribution in [0.4, 0.5) is 5.69 Å². The lowest BCUT2D eigenvalue weighted by Gasteiger charge is -2.02. The highest BCUT2D eigenvalue weighted by Crippen LogP contribution is 2.34. The lowest BCUT2D eigenvalue weighted by molar-refractivity contribution is 0.367. The van der Waals surface area contributed by atoms with Gasteiger partial charge in [0.05, 0.1) is 5.92 Å². The van der Waals surface area contributed by atoms with Gasteiger partial charge in [-0.2, -0.15) is 4.98 Å². The minimum Gasteiger partial charge on any atom is -0.384 e. The zero-order chi connectivity index (χ0) is 10.3. The van der Waals surface area contributed by atoms with Crippen molar-refractivity contribution in [2.45, 2.75) is 12.8 Å². The Labute approximate surface area is 87.3 Å². The van der Waals surface area contributed by atoms with Crippen molar-refractivity contribution in [1.29, 1.82) is 0 Å². The van der Waals surface area contributed by atoms with E-state index in [4.69, 9.17) is 4.52 Å². The quantitative estimate of drug-likeness (QED) is 0.766. The molecule has 2 heterocycles. The number of benzene rings is 1. The van der Waals surface area contributed by atoms with Crippen LogP contribution in [0.5, 0.6) is 0 Å². The molecule has 0 saturated heterocycles. The Bertz CT molecular complexity index is 492. The maximum atomic E-state index is 5.20. The average molecular weight is 201 g/mol. The number of anilines is 1. The predicted molar refractivity (Wildman–Crippen MR) is 55.8 cm³/mol. The minimum atomic E-state index is 0.197.